The van der Waals surface area contributed by atoms with Crippen molar-refractivity contribution < 1.29 is 14.1 Å². The number of thiophene rings is 1. The zero-order chi connectivity index (χ0) is 15.4. The van der Waals surface area contributed by atoms with E-state index in [9.17, 15) is 9.59 Å². The van der Waals surface area contributed by atoms with Gasteiger partial charge in [0.25, 0.3) is 0 Å². The van der Waals surface area contributed by atoms with Crippen molar-refractivity contribution >= 4 is 66.8 Å². The van der Waals surface area contributed by atoms with Crippen LogP contribution < -0.4 is 0 Å². The molecule has 112 valence electrons. The number of halogens is 3. The second kappa shape index (κ2) is 7.53. The van der Waals surface area contributed by atoms with Crippen molar-refractivity contribution in [3.05, 3.63) is 28.2 Å². The van der Waals surface area contributed by atoms with Crippen LogP contribution in [0.25, 0.3) is 10.6 Å². The SMILES string of the molecule is Clc1ccc(-c2cc(CBr)no2)s1.O=C1CCC(=O)N1Br. The Balaban J connectivity index is 0.000000173. The van der Waals surface area contributed by atoms with E-state index in [1.54, 1.807) is 0 Å². The minimum atomic E-state index is -0.144. The maximum absolute atomic E-state index is 10.4. The van der Waals surface area contributed by atoms with Gasteiger partial charge in [-0.2, -0.15) is 0 Å². The number of nitrogens with zero attached hydrogens (tertiary/aromatic N) is 2. The number of amides is 2. The van der Waals surface area contributed by atoms with Crippen LogP contribution in [0.4, 0.5) is 0 Å². The summed E-state index contributed by atoms with van der Waals surface area (Å²) < 4.78 is 6.86. The van der Waals surface area contributed by atoms with Crippen LogP contribution in [-0.2, 0) is 14.9 Å². The predicted molar refractivity (Wildman–Crippen MR) is 87.5 cm³/mol. The summed E-state index contributed by atoms with van der Waals surface area (Å²) in [6.45, 7) is 0. The van der Waals surface area contributed by atoms with Gasteiger partial charge in [0.1, 0.15) is 0 Å². The van der Waals surface area contributed by atoms with Crippen molar-refractivity contribution in [2.24, 2.45) is 0 Å². The number of aromatic nitrogens is 1. The molecule has 0 unspecified atom stereocenters. The number of carbonyl (C=O) groups excluding carboxylic acids is 2. The highest BCUT2D eigenvalue weighted by atomic mass is 79.9. The molecule has 0 N–H and O–H groups in total. The average Bonchev–Trinajstić information content (AvgIpc) is 3.17. The van der Waals surface area contributed by atoms with Gasteiger partial charge < -0.3 is 4.52 Å². The maximum atomic E-state index is 10.4. The predicted octanol–water partition coefficient (Wildman–Crippen LogP) is 4.40. The van der Waals surface area contributed by atoms with Gasteiger partial charge >= 0.3 is 0 Å². The van der Waals surface area contributed by atoms with Crippen LogP contribution in [0.5, 0.6) is 0 Å². The first-order chi connectivity index (χ1) is 10.0. The normalized spacial score (nSPS) is 14.3. The first-order valence-electron chi connectivity index (χ1n) is 5.80. The second-order valence-electron chi connectivity index (χ2n) is 3.99. The van der Waals surface area contributed by atoms with Crippen molar-refractivity contribution in [2.75, 3.05) is 0 Å². The Kier molecular flexibility index (Phi) is 5.98. The summed E-state index contributed by atoms with van der Waals surface area (Å²) in [7, 11) is 0. The molecule has 0 bridgehead atoms. The molecule has 1 aliphatic rings. The average molecular weight is 457 g/mol. The van der Waals surface area contributed by atoms with Crippen LogP contribution in [0.3, 0.4) is 0 Å². The summed E-state index contributed by atoms with van der Waals surface area (Å²) in [4.78, 5) is 21.9. The standard InChI is InChI=1S/C8H5BrClNOS.C4H4BrNO2/c9-4-5-3-6(12-11-5)7-1-2-8(10)13-7;5-6-3(7)1-2-4(6)8/h1-3H,4H2;1-2H2. The van der Waals surface area contributed by atoms with Crippen LogP contribution in [0, 0.1) is 0 Å². The van der Waals surface area contributed by atoms with Gasteiger partial charge in [0.15, 0.2) is 5.76 Å². The topological polar surface area (TPSA) is 63.4 Å². The van der Waals surface area contributed by atoms with Crippen molar-refractivity contribution in [1.82, 2.24) is 9.08 Å². The Bertz CT molecular complexity index is 642. The fourth-order valence-electron chi connectivity index (χ4n) is 1.49. The quantitative estimate of drug-likeness (QED) is 0.382. The Labute approximate surface area is 146 Å². The Hall–Kier alpha value is -0.700. The van der Waals surface area contributed by atoms with E-state index in [-0.39, 0.29) is 11.8 Å². The number of imide groups is 1. The van der Waals surface area contributed by atoms with Gasteiger partial charge in [-0.15, -0.1) is 11.3 Å². The van der Waals surface area contributed by atoms with E-state index in [1.165, 1.54) is 11.3 Å². The Morgan fingerprint density at radius 1 is 1.33 bits per heavy atom. The van der Waals surface area contributed by atoms with E-state index >= 15 is 0 Å². The van der Waals surface area contributed by atoms with Gasteiger partial charge in [0.05, 0.1) is 31.1 Å². The molecule has 1 fully saturated rings. The van der Waals surface area contributed by atoms with Crippen LogP contribution in [0.2, 0.25) is 4.34 Å². The van der Waals surface area contributed by atoms with E-state index in [4.69, 9.17) is 16.1 Å². The van der Waals surface area contributed by atoms with Gasteiger partial charge in [0, 0.05) is 24.2 Å². The molecule has 1 aliphatic heterocycles. The fourth-order valence-corrected chi connectivity index (χ4v) is 3.10. The molecule has 21 heavy (non-hydrogen) atoms. The first-order valence-corrected chi connectivity index (χ1v) is 8.82. The summed E-state index contributed by atoms with van der Waals surface area (Å²) in [5.74, 6) is 0.483. The molecular formula is C12H9Br2ClN2O3S. The third kappa shape index (κ3) is 4.38. The molecule has 9 heteroatoms. The van der Waals surface area contributed by atoms with Crippen LogP contribution in [0.1, 0.15) is 18.5 Å². The van der Waals surface area contributed by atoms with Crippen molar-refractivity contribution in [3.8, 4) is 10.6 Å². The molecule has 0 spiro atoms. The van der Waals surface area contributed by atoms with Gasteiger partial charge in [0.2, 0.25) is 11.8 Å². The fraction of sp³-hybridized carbons (Fsp3) is 0.250. The highest BCUT2D eigenvalue weighted by Crippen LogP contribution is 2.31. The third-order valence-corrected chi connectivity index (χ3v) is 5.11. The van der Waals surface area contributed by atoms with Gasteiger partial charge in [-0.05, 0) is 12.1 Å². The minimum absolute atomic E-state index is 0.144. The van der Waals surface area contributed by atoms with Crippen molar-refractivity contribution in [2.45, 2.75) is 18.2 Å². The summed E-state index contributed by atoms with van der Waals surface area (Å²) in [5, 5.41) is 4.57. The van der Waals surface area contributed by atoms with E-state index in [0.29, 0.717) is 18.2 Å². The molecule has 2 aromatic rings. The van der Waals surface area contributed by atoms with E-state index in [0.717, 1.165) is 24.6 Å². The minimum Gasteiger partial charge on any atom is -0.355 e. The largest absolute Gasteiger partial charge is 0.355 e. The summed E-state index contributed by atoms with van der Waals surface area (Å²) in [5.41, 5.74) is 0.888. The lowest BCUT2D eigenvalue weighted by Crippen LogP contribution is -2.16. The maximum Gasteiger partial charge on any atom is 0.239 e. The van der Waals surface area contributed by atoms with E-state index in [1.807, 2.05) is 18.2 Å². The van der Waals surface area contributed by atoms with E-state index < -0.39 is 0 Å². The van der Waals surface area contributed by atoms with Gasteiger partial charge in [-0.3, -0.25) is 9.59 Å². The zero-order valence-electron chi connectivity index (χ0n) is 10.5. The third-order valence-electron chi connectivity index (χ3n) is 2.50. The lowest BCUT2D eigenvalue weighted by Gasteiger charge is -1.97. The number of carbonyl (C=O) groups is 2. The summed E-state index contributed by atoms with van der Waals surface area (Å²) in [6.07, 6.45) is 0.703. The van der Waals surface area contributed by atoms with Crippen LogP contribution in [-0.4, -0.2) is 20.9 Å². The summed E-state index contributed by atoms with van der Waals surface area (Å²) >= 11 is 13.4. The summed E-state index contributed by atoms with van der Waals surface area (Å²) in [6, 6.07) is 5.67. The Morgan fingerprint density at radius 2 is 2.00 bits per heavy atom. The van der Waals surface area contributed by atoms with E-state index in [2.05, 4.69) is 37.2 Å². The molecule has 1 saturated heterocycles. The lowest BCUT2D eigenvalue weighted by atomic mass is 10.3. The molecule has 3 heterocycles. The van der Waals surface area contributed by atoms with Crippen molar-refractivity contribution in [3.63, 3.8) is 0 Å². The molecule has 3 rings (SSSR count). The molecule has 0 atom stereocenters. The van der Waals surface area contributed by atoms with Gasteiger partial charge in [-0.25, -0.2) is 3.93 Å². The van der Waals surface area contributed by atoms with Crippen LogP contribution in [0.15, 0.2) is 22.7 Å². The molecule has 2 aromatic heterocycles. The monoisotopic (exact) mass is 454 g/mol. The molecule has 0 aromatic carbocycles. The molecule has 0 radical (unpaired) electrons. The highest BCUT2D eigenvalue weighted by Gasteiger charge is 2.26. The molecule has 0 saturated carbocycles. The molecule has 5 nitrogen and oxygen atoms in total. The number of rotatable bonds is 2. The number of hydrogen-bond donors (Lipinski definition) is 0. The lowest BCUT2D eigenvalue weighted by molar-refractivity contribution is -0.131. The van der Waals surface area contributed by atoms with Gasteiger partial charge in [-0.1, -0.05) is 32.7 Å². The van der Waals surface area contributed by atoms with Crippen LogP contribution >= 0.6 is 55.0 Å². The zero-order valence-corrected chi connectivity index (χ0v) is 15.3. The first kappa shape index (κ1) is 16.7. The smallest absolute Gasteiger partial charge is 0.239 e. The molecule has 0 aliphatic carbocycles. The second-order valence-corrected chi connectivity index (χ2v) is 6.97. The Morgan fingerprint density at radius 3 is 2.38 bits per heavy atom. The number of alkyl halides is 1. The van der Waals surface area contributed by atoms with Crippen molar-refractivity contribution in [1.29, 1.82) is 0 Å². The molecule has 2 amide bonds. The molecular weight excluding hydrogens is 447 g/mol. The highest BCUT2D eigenvalue weighted by molar-refractivity contribution is 9.08. The number of hydrogen-bond acceptors (Lipinski definition) is 5.